The zero-order valence-corrected chi connectivity index (χ0v) is 11.2. The fourth-order valence-corrected chi connectivity index (χ4v) is 1.77. The quantitative estimate of drug-likeness (QED) is 0.844. The number of nitrogens with zero attached hydrogens (tertiary/aromatic N) is 1. The van der Waals surface area contributed by atoms with E-state index in [0.717, 1.165) is 17.5 Å². The first-order valence-corrected chi connectivity index (χ1v) is 6.05. The highest BCUT2D eigenvalue weighted by atomic mass is 19.4. The second-order valence-electron chi connectivity index (χ2n) is 4.83. The lowest BCUT2D eigenvalue weighted by Gasteiger charge is -2.35. The predicted molar refractivity (Wildman–Crippen MR) is 64.7 cm³/mol. The van der Waals surface area contributed by atoms with E-state index in [-0.39, 0.29) is 13.0 Å². The predicted octanol–water partition coefficient (Wildman–Crippen LogP) is 3.02. The number of alkyl halides is 6. The van der Waals surface area contributed by atoms with Crippen molar-refractivity contribution in [1.82, 2.24) is 4.90 Å². The Balaban J connectivity index is 2.72. The van der Waals surface area contributed by atoms with Crippen LogP contribution in [0.1, 0.15) is 5.56 Å². The molecule has 0 bridgehead atoms. The number of rotatable bonds is 5. The average Bonchev–Trinajstić information content (AvgIpc) is 2.35. The van der Waals surface area contributed by atoms with Crippen molar-refractivity contribution in [3.8, 4) is 0 Å². The van der Waals surface area contributed by atoms with Crippen molar-refractivity contribution in [1.29, 1.82) is 0 Å². The normalized spacial score (nSPS) is 13.8. The minimum absolute atomic E-state index is 0.0432. The summed E-state index contributed by atoms with van der Waals surface area (Å²) in [6.07, 6.45) is -11.3. The minimum Gasteiger partial charge on any atom is -0.373 e. The molecule has 21 heavy (non-hydrogen) atoms. The standard InChI is InChI=1S/C13H15F6NO/c1-20(8-7-10-5-3-2-4-6-10)9-11(21,12(14,15)16)13(17,18)19/h2-6,21H,7-9H2,1H3. The Morgan fingerprint density at radius 1 is 0.952 bits per heavy atom. The summed E-state index contributed by atoms with van der Waals surface area (Å²) in [6, 6.07) is 8.62. The smallest absolute Gasteiger partial charge is 0.373 e. The lowest BCUT2D eigenvalue weighted by Crippen LogP contribution is -2.62. The summed E-state index contributed by atoms with van der Waals surface area (Å²) in [4.78, 5) is 0.813. The van der Waals surface area contributed by atoms with Gasteiger partial charge in [0.25, 0.3) is 5.60 Å². The monoisotopic (exact) mass is 315 g/mol. The molecule has 0 radical (unpaired) electrons. The van der Waals surface area contributed by atoms with E-state index in [1.807, 2.05) is 0 Å². The highest BCUT2D eigenvalue weighted by Gasteiger charge is 2.70. The molecule has 120 valence electrons. The zero-order chi connectivity index (χ0) is 16.3. The summed E-state index contributed by atoms with van der Waals surface area (Å²) in [5.41, 5.74) is -3.95. The highest BCUT2D eigenvalue weighted by molar-refractivity contribution is 5.14. The van der Waals surface area contributed by atoms with Crippen LogP contribution < -0.4 is 0 Å². The fraction of sp³-hybridized carbons (Fsp3) is 0.538. The van der Waals surface area contributed by atoms with Crippen LogP contribution in [0, 0.1) is 0 Å². The van der Waals surface area contributed by atoms with Crippen LogP contribution in [0.4, 0.5) is 26.3 Å². The van der Waals surface area contributed by atoms with Crippen molar-refractivity contribution in [3.63, 3.8) is 0 Å². The number of hydrogen-bond donors (Lipinski definition) is 1. The molecule has 0 fully saturated rings. The Kier molecular flexibility index (Phi) is 5.27. The van der Waals surface area contributed by atoms with Crippen LogP contribution >= 0.6 is 0 Å². The van der Waals surface area contributed by atoms with Gasteiger partial charge in [-0.2, -0.15) is 26.3 Å². The number of benzene rings is 1. The third-order valence-corrected chi connectivity index (χ3v) is 3.06. The van der Waals surface area contributed by atoms with Gasteiger partial charge >= 0.3 is 12.4 Å². The van der Waals surface area contributed by atoms with Crippen molar-refractivity contribution >= 4 is 0 Å². The first-order valence-electron chi connectivity index (χ1n) is 6.05. The zero-order valence-electron chi connectivity index (χ0n) is 11.2. The molecule has 0 unspecified atom stereocenters. The van der Waals surface area contributed by atoms with Crippen LogP contribution in [0.25, 0.3) is 0 Å². The maximum Gasteiger partial charge on any atom is 0.427 e. The molecule has 0 aliphatic heterocycles. The van der Waals surface area contributed by atoms with Crippen LogP contribution in [0.2, 0.25) is 0 Å². The molecule has 0 saturated heterocycles. The SMILES string of the molecule is CN(CCc1ccccc1)CC(O)(C(F)(F)F)C(F)(F)F. The Hall–Kier alpha value is -1.28. The molecule has 0 aliphatic rings. The Morgan fingerprint density at radius 2 is 1.43 bits per heavy atom. The minimum atomic E-state index is -5.79. The van der Waals surface area contributed by atoms with Gasteiger partial charge in [-0.3, -0.25) is 0 Å². The summed E-state index contributed by atoms with van der Waals surface area (Å²) in [6.45, 7) is -1.61. The molecule has 1 rings (SSSR count). The van der Waals surface area contributed by atoms with E-state index < -0.39 is 24.5 Å². The van der Waals surface area contributed by atoms with Gasteiger partial charge in [0.1, 0.15) is 0 Å². The van der Waals surface area contributed by atoms with Crippen LogP contribution in [0.15, 0.2) is 30.3 Å². The maximum atomic E-state index is 12.5. The molecule has 1 aromatic rings. The third kappa shape index (κ3) is 4.34. The van der Waals surface area contributed by atoms with E-state index in [9.17, 15) is 26.3 Å². The summed E-state index contributed by atoms with van der Waals surface area (Å²) in [5.74, 6) is 0. The van der Waals surface area contributed by atoms with Crippen LogP contribution in [0.5, 0.6) is 0 Å². The van der Waals surface area contributed by atoms with Crippen LogP contribution in [-0.2, 0) is 6.42 Å². The van der Waals surface area contributed by atoms with Gasteiger partial charge in [0.15, 0.2) is 0 Å². The van der Waals surface area contributed by atoms with Crippen molar-refractivity contribution in [3.05, 3.63) is 35.9 Å². The molecule has 8 heteroatoms. The topological polar surface area (TPSA) is 23.5 Å². The van der Waals surface area contributed by atoms with E-state index in [2.05, 4.69) is 0 Å². The van der Waals surface area contributed by atoms with E-state index in [4.69, 9.17) is 5.11 Å². The number of hydrogen-bond acceptors (Lipinski definition) is 2. The second-order valence-corrected chi connectivity index (χ2v) is 4.83. The molecule has 0 saturated carbocycles. The Bertz CT molecular complexity index is 428. The van der Waals surface area contributed by atoms with Gasteiger partial charge in [-0.25, -0.2) is 0 Å². The highest BCUT2D eigenvalue weighted by Crippen LogP contribution is 2.43. The molecule has 0 atom stereocenters. The molecular formula is C13H15F6NO. The van der Waals surface area contributed by atoms with Crippen molar-refractivity contribution in [2.24, 2.45) is 0 Å². The Morgan fingerprint density at radius 3 is 1.86 bits per heavy atom. The molecule has 0 spiro atoms. The van der Waals surface area contributed by atoms with Gasteiger partial charge in [-0.1, -0.05) is 30.3 Å². The van der Waals surface area contributed by atoms with Gasteiger partial charge in [-0.15, -0.1) is 0 Å². The van der Waals surface area contributed by atoms with Crippen molar-refractivity contribution in [2.75, 3.05) is 20.1 Å². The molecule has 0 heterocycles. The largest absolute Gasteiger partial charge is 0.427 e. The third-order valence-electron chi connectivity index (χ3n) is 3.06. The molecule has 0 aliphatic carbocycles. The molecule has 0 aromatic heterocycles. The van der Waals surface area contributed by atoms with Crippen LogP contribution in [0.3, 0.4) is 0 Å². The van der Waals surface area contributed by atoms with Gasteiger partial charge < -0.3 is 10.0 Å². The van der Waals surface area contributed by atoms with Crippen molar-refractivity contribution < 1.29 is 31.4 Å². The molecule has 0 amide bonds. The van der Waals surface area contributed by atoms with E-state index >= 15 is 0 Å². The number of aliphatic hydroxyl groups is 1. The van der Waals surface area contributed by atoms with E-state index in [1.54, 1.807) is 30.3 Å². The maximum absolute atomic E-state index is 12.5. The fourth-order valence-electron chi connectivity index (χ4n) is 1.77. The van der Waals surface area contributed by atoms with Gasteiger partial charge in [0, 0.05) is 13.1 Å². The molecule has 1 aromatic carbocycles. The Labute approximate surface area is 118 Å². The average molecular weight is 315 g/mol. The number of likely N-dealkylation sites (N-methyl/N-ethyl adjacent to an activating group) is 1. The van der Waals surface area contributed by atoms with Crippen LogP contribution in [-0.4, -0.2) is 48.1 Å². The lowest BCUT2D eigenvalue weighted by atomic mass is 10.0. The van der Waals surface area contributed by atoms with Gasteiger partial charge in [0.2, 0.25) is 0 Å². The lowest BCUT2D eigenvalue weighted by molar-refractivity contribution is -0.370. The van der Waals surface area contributed by atoms with Crippen molar-refractivity contribution in [2.45, 2.75) is 24.4 Å². The van der Waals surface area contributed by atoms with E-state index in [1.165, 1.54) is 0 Å². The number of halogens is 6. The summed E-state index contributed by atoms with van der Waals surface area (Å²) in [7, 11) is 1.10. The summed E-state index contributed by atoms with van der Waals surface area (Å²) in [5, 5.41) is 9.06. The first kappa shape index (κ1) is 17.8. The molecule has 2 nitrogen and oxygen atoms in total. The summed E-state index contributed by atoms with van der Waals surface area (Å²) < 4.78 is 75.2. The molecule has 1 N–H and O–H groups in total. The van der Waals surface area contributed by atoms with Gasteiger partial charge in [0.05, 0.1) is 0 Å². The van der Waals surface area contributed by atoms with E-state index in [0.29, 0.717) is 0 Å². The first-order chi connectivity index (χ1) is 9.47. The molecular weight excluding hydrogens is 300 g/mol. The second kappa shape index (κ2) is 6.23. The van der Waals surface area contributed by atoms with Gasteiger partial charge in [-0.05, 0) is 19.0 Å². The summed E-state index contributed by atoms with van der Waals surface area (Å²) >= 11 is 0.